The summed E-state index contributed by atoms with van der Waals surface area (Å²) in [4.78, 5) is 2.28. The Morgan fingerprint density at radius 3 is 2.50 bits per heavy atom. The first-order valence-electron chi connectivity index (χ1n) is 6.36. The lowest BCUT2D eigenvalue weighted by molar-refractivity contribution is 0.222. The van der Waals surface area contributed by atoms with Crippen LogP contribution in [-0.4, -0.2) is 32.1 Å². The lowest BCUT2D eigenvalue weighted by Gasteiger charge is -2.36. The van der Waals surface area contributed by atoms with Crippen molar-refractivity contribution in [2.45, 2.75) is 25.2 Å². The van der Waals surface area contributed by atoms with Gasteiger partial charge in [-0.15, -0.1) is 0 Å². The summed E-state index contributed by atoms with van der Waals surface area (Å²) in [6.07, 6.45) is 1.82. The Kier molecular flexibility index (Phi) is 3.58. The highest BCUT2D eigenvalue weighted by atomic mass is 16.5. The molecule has 3 heteroatoms. The SMILES string of the molecule is COc1ccc(C2(C#N)CCN(C)CC2)cc1C. The first-order chi connectivity index (χ1) is 8.61. The molecule has 0 bridgehead atoms. The molecular weight excluding hydrogens is 224 g/mol. The predicted octanol–water partition coefficient (Wildman–Crippen LogP) is 2.49. The fourth-order valence-corrected chi connectivity index (χ4v) is 2.64. The van der Waals surface area contributed by atoms with Gasteiger partial charge in [-0.25, -0.2) is 0 Å². The Hall–Kier alpha value is -1.53. The van der Waals surface area contributed by atoms with Crippen LogP contribution in [0.4, 0.5) is 0 Å². The van der Waals surface area contributed by atoms with E-state index in [1.807, 2.05) is 19.1 Å². The smallest absolute Gasteiger partial charge is 0.121 e. The van der Waals surface area contributed by atoms with Gasteiger partial charge in [-0.2, -0.15) is 5.26 Å². The van der Waals surface area contributed by atoms with E-state index in [0.717, 1.165) is 42.8 Å². The second kappa shape index (κ2) is 4.99. The summed E-state index contributed by atoms with van der Waals surface area (Å²) in [6, 6.07) is 8.67. The number of piperidine rings is 1. The highest BCUT2D eigenvalue weighted by molar-refractivity contribution is 5.42. The molecule has 0 unspecified atom stereocenters. The van der Waals surface area contributed by atoms with Crippen LogP contribution in [0.15, 0.2) is 18.2 Å². The van der Waals surface area contributed by atoms with Gasteiger partial charge in [0, 0.05) is 0 Å². The van der Waals surface area contributed by atoms with Gasteiger partial charge in [-0.1, -0.05) is 12.1 Å². The monoisotopic (exact) mass is 244 g/mol. The number of nitriles is 1. The van der Waals surface area contributed by atoms with Crippen molar-refractivity contribution in [1.29, 1.82) is 5.26 Å². The van der Waals surface area contributed by atoms with Gasteiger partial charge in [0.05, 0.1) is 18.6 Å². The van der Waals surface area contributed by atoms with E-state index in [1.54, 1.807) is 7.11 Å². The standard InChI is InChI=1S/C15H20N2O/c1-12-10-13(4-5-14(12)18-3)15(11-16)6-8-17(2)9-7-15/h4-5,10H,6-9H2,1-3H3. The molecule has 0 aromatic heterocycles. The van der Waals surface area contributed by atoms with E-state index in [1.165, 1.54) is 0 Å². The van der Waals surface area contributed by atoms with Gasteiger partial charge in [-0.3, -0.25) is 0 Å². The average Bonchev–Trinajstić information content (AvgIpc) is 2.40. The fourth-order valence-electron chi connectivity index (χ4n) is 2.64. The minimum absolute atomic E-state index is 0.316. The summed E-state index contributed by atoms with van der Waals surface area (Å²) in [5.41, 5.74) is 1.92. The molecule has 3 nitrogen and oxygen atoms in total. The van der Waals surface area contributed by atoms with Gasteiger partial charge in [0.15, 0.2) is 0 Å². The van der Waals surface area contributed by atoms with Crippen LogP contribution < -0.4 is 4.74 Å². The normalized spacial score (nSPS) is 19.2. The second-order valence-corrected chi connectivity index (χ2v) is 5.18. The summed E-state index contributed by atoms with van der Waals surface area (Å²) < 4.78 is 5.28. The quantitative estimate of drug-likeness (QED) is 0.802. The molecule has 1 aromatic rings. The van der Waals surface area contributed by atoms with E-state index < -0.39 is 0 Å². The van der Waals surface area contributed by atoms with Crippen LogP contribution >= 0.6 is 0 Å². The van der Waals surface area contributed by atoms with Crippen molar-refractivity contribution in [2.24, 2.45) is 0 Å². The van der Waals surface area contributed by atoms with Crippen molar-refractivity contribution in [1.82, 2.24) is 4.90 Å². The Morgan fingerprint density at radius 2 is 2.00 bits per heavy atom. The molecule has 2 rings (SSSR count). The van der Waals surface area contributed by atoms with Crippen molar-refractivity contribution < 1.29 is 4.74 Å². The first kappa shape index (κ1) is 12.9. The number of likely N-dealkylation sites (tertiary alicyclic amines) is 1. The van der Waals surface area contributed by atoms with E-state index >= 15 is 0 Å². The highest BCUT2D eigenvalue weighted by Gasteiger charge is 2.35. The largest absolute Gasteiger partial charge is 0.496 e. The Balaban J connectivity index is 2.34. The number of rotatable bonds is 2. The fraction of sp³-hybridized carbons (Fsp3) is 0.533. The second-order valence-electron chi connectivity index (χ2n) is 5.18. The van der Waals surface area contributed by atoms with Crippen LogP contribution in [0.5, 0.6) is 5.75 Å². The van der Waals surface area contributed by atoms with Crippen LogP contribution in [0, 0.1) is 18.3 Å². The van der Waals surface area contributed by atoms with Crippen molar-refractivity contribution in [2.75, 3.05) is 27.2 Å². The molecule has 1 aliphatic rings. The van der Waals surface area contributed by atoms with Crippen LogP contribution in [0.3, 0.4) is 0 Å². The zero-order valence-electron chi connectivity index (χ0n) is 11.4. The van der Waals surface area contributed by atoms with Gasteiger partial charge in [-0.05, 0) is 57.1 Å². The Morgan fingerprint density at radius 1 is 1.33 bits per heavy atom. The van der Waals surface area contributed by atoms with Crippen LogP contribution in [0.1, 0.15) is 24.0 Å². The van der Waals surface area contributed by atoms with E-state index in [4.69, 9.17) is 4.74 Å². The van der Waals surface area contributed by atoms with Gasteiger partial charge in [0.2, 0.25) is 0 Å². The Bertz CT molecular complexity index is 468. The lowest BCUT2D eigenvalue weighted by atomic mass is 9.74. The molecule has 1 heterocycles. The zero-order valence-corrected chi connectivity index (χ0v) is 11.4. The summed E-state index contributed by atoms with van der Waals surface area (Å²) in [6.45, 7) is 4.00. The van der Waals surface area contributed by atoms with E-state index in [2.05, 4.69) is 24.1 Å². The molecule has 0 atom stereocenters. The maximum absolute atomic E-state index is 9.60. The Labute approximate surface area is 109 Å². The van der Waals surface area contributed by atoms with Crippen molar-refractivity contribution in [3.63, 3.8) is 0 Å². The lowest BCUT2D eigenvalue weighted by Crippen LogP contribution is -2.39. The van der Waals surface area contributed by atoms with Crippen molar-refractivity contribution >= 4 is 0 Å². The molecule has 0 spiro atoms. The molecule has 1 saturated heterocycles. The molecular formula is C15H20N2O. The summed E-state index contributed by atoms with van der Waals surface area (Å²) in [5.74, 6) is 0.889. The van der Waals surface area contributed by atoms with Crippen molar-refractivity contribution in [3.05, 3.63) is 29.3 Å². The highest BCUT2D eigenvalue weighted by Crippen LogP contribution is 2.36. The van der Waals surface area contributed by atoms with E-state index in [-0.39, 0.29) is 5.41 Å². The van der Waals surface area contributed by atoms with Gasteiger partial charge >= 0.3 is 0 Å². The van der Waals surface area contributed by atoms with E-state index in [9.17, 15) is 5.26 Å². The van der Waals surface area contributed by atoms with E-state index in [0.29, 0.717) is 0 Å². The molecule has 0 aliphatic carbocycles. The number of ether oxygens (including phenoxy) is 1. The van der Waals surface area contributed by atoms with Gasteiger partial charge < -0.3 is 9.64 Å². The number of methoxy groups -OCH3 is 1. The number of aryl methyl sites for hydroxylation is 1. The predicted molar refractivity (Wildman–Crippen MR) is 71.8 cm³/mol. The molecule has 1 aromatic carbocycles. The summed E-state index contributed by atoms with van der Waals surface area (Å²) >= 11 is 0. The van der Waals surface area contributed by atoms with Crippen LogP contribution in [0.25, 0.3) is 0 Å². The minimum atomic E-state index is -0.316. The number of nitrogens with zero attached hydrogens (tertiary/aromatic N) is 2. The third kappa shape index (κ3) is 2.21. The van der Waals surface area contributed by atoms with Gasteiger partial charge in [0.25, 0.3) is 0 Å². The number of benzene rings is 1. The molecule has 0 radical (unpaired) electrons. The molecule has 96 valence electrons. The number of hydrogen-bond acceptors (Lipinski definition) is 3. The first-order valence-corrected chi connectivity index (χ1v) is 6.36. The zero-order chi connectivity index (χ0) is 13.2. The topological polar surface area (TPSA) is 36.3 Å². The summed E-state index contributed by atoms with van der Waals surface area (Å²) in [5, 5.41) is 9.60. The van der Waals surface area contributed by atoms with Crippen LogP contribution in [-0.2, 0) is 5.41 Å². The average molecular weight is 244 g/mol. The third-order valence-electron chi connectivity index (χ3n) is 4.00. The van der Waals surface area contributed by atoms with Crippen LogP contribution in [0.2, 0.25) is 0 Å². The minimum Gasteiger partial charge on any atom is -0.496 e. The summed E-state index contributed by atoms with van der Waals surface area (Å²) in [7, 11) is 3.79. The maximum atomic E-state index is 9.60. The molecule has 0 N–H and O–H groups in total. The molecule has 0 saturated carbocycles. The molecule has 1 aliphatic heterocycles. The van der Waals surface area contributed by atoms with Crippen molar-refractivity contribution in [3.8, 4) is 11.8 Å². The van der Waals surface area contributed by atoms with Gasteiger partial charge in [0.1, 0.15) is 5.75 Å². The molecule has 1 fully saturated rings. The molecule has 18 heavy (non-hydrogen) atoms. The number of hydrogen-bond donors (Lipinski definition) is 0. The maximum Gasteiger partial charge on any atom is 0.121 e. The third-order valence-corrected chi connectivity index (χ3v) is 4.00. The molecule has 0 amide bonds.